The summed E-state index contributed by atoms with van der Waals surface area (Å²) in [7, 11) is 0. The molecule has 0 aromatic carbocycles. The molecule has 76 valence electrons. The number of aryl methyl sites for hydroxylation is 1. The second-order valence-corrected chi connectivity index (χ2v) is 5.35. The number of anilines is 1. The Morgan fingerprint density at radius 2 is 2.07 bits per heavy atom. The fourth-order valence-electron chi connectivity index (χ4n) is 2.94. The van der Waals surface area contributed by atoms with Gasteiger partial charge in [-0.1, -0.05) is 0 Å². The lowest BCUT2D eigenvalue weighted by molar-refractivity contribution is 0.0509. The van der Waals surface area contributed by atoms with E-state index in [0.717, 1.165) is 18.9 Å². The normalized spacial score (nSPS) is 24.0. The van der Waals surface area contributed by atoms with E-state index in [1.54, 1.807) is 0 Å². The molecule has 1 aromatic heterocycles. The maximum absolute atomic E-state index is 6.07. The van der Waals surface area contributed by atoms with Crippen molar-refractivity contribution < 1.29 is 4.74 Å². The Labute approximate surface area is 88.1 Å². The monoisotopic (exact) mass is 209 g/mol. The van der Waals surface area contributed by atoms with Gasteiger partial charge in [-0.25, -0.2) is 0 Å². The molecular weight excluding hydrogens is 194 g/mol. The van der Waals surface area contributed by atoms with Crippen LogP contribution in [0.5, 0.6) is 0 Å². The zero-order chi connectivity index (χ0) is 9.60. The van der Waals surface area contributed by atoms with E-state index in [4.69, 9.17) is 10.5 Å². The van der Waals surface area contributed by atoms with Gasteiger partial charge in [-0.15, -0.1) is 11.3 Å². The SMILES string of the molecule is Nc1csc2c1C1(CCOCC1)CC2. The van der Waals surface area contributed by atoms with Crippen LogP contribution in [-0.4, -0.2) is 13.2 Å². The third kappa shape index (κ3) is 1.06. The van der Waals surface area contributed by atoms with Crippen molar-refractivity contribution in [2.75, 3.05) is 18.9 Å². The average Bonchev–Trinajstić information content (AvgIpc) is 2.73. The Morgan fingerprint density at radius 3 is 2.86 bits per heavy atom. The summed E-state index contributed by atoms with van der Waals surface area (Å²) in [5.74, 6) is 0. The molecule has 0 radical (unpaired) electrons. The summed E-state index contributed by atoms with van der Waals surface area (Å²) < 4.78 is 5.45. The van der Waals surface area contributed by atoms with Gasteiger partial charge < -0.3 is 10.5 Å². The smallest absolute Gasteiger partial charge is 0.0474 e. The summed E-state index contributed by atoms with van der Waals surface area (Å²) in [4.78, 5) is 1.53. The average molecular weight is 209 g/mol. The van der Waals surface area contributed by atoms with Gasteiger partial charge >= 0.3 is 0 Å². The lowest BCUT2D eigenvalue weighted by Gasteiger charge is -2.34. The van der Waals surface area contributed by atoms with Crippen molar-refractivity contribution in [3.8, 4) is 0 Å². The predicted molar refractivity (Wildman–Crippen MR) is 58.8 cm³/mol. The summed E-state index contributed by atoms with van der Waals surface area (Å²) in [6, 6.07) is 0. The summed E-state index contributed by atoms with van der Waals surface area (Å²) in [6.45, 7) is 1.82. The van der Waals surface area contributed by atoms with Gasteiger partial charge in [0.15, 0.2) is 0 Å². The Balaban J connectivity index is 2.05. The van der Waals surface area contributed by atoms with Gasteiger partial charge in [-0.3, -0.25) is 0 Å². The molecule has 1 aromatic rings. The first kappa shape index (κ1) is 8.74. The highest BCUT2D eigenvalue weighted by Crippen LogP contribution is 2.50. The third-order valence-corrected chi connectivity index (χ3v) is 4.77. The Bertz CT molecular complexity index is 352. The van der Waals surface area contributed by atoms with Crippen LogP contribution in [0.25, 0.3) is 0 Å². The Hall–Kier alpha value is -0.540. The van der Waals surface area contributed by atoms with Gasteiger partial charge in [0.2, 0.25) is 0 Å². The number of rotatable bonds is 0. The number of nitrogens with two attached hydrogens (primary N) is 1. The van der Waals surface area contributed by atoms with E-state index in [2.05, 4.69) is 5.38 Å². The standard InChI is InChI=1S/C11H15NOS/c12-8-7-14-9-1-2-11(10(8)9)3-5-13-6-4-11/h7H,1-6,12H2. The van der Waals surface area contributed by atoms with Crippen molar-refractivity contribution in [1.29, 1.82) is 0 Å². The lowest BCUT2D eigenvalue weighted by atomic mass is 9.75. The maximum atomic E-state index is 6.07. The molecule has 0 amide bonds. The Kier molecular flexibility index (Phi) is 1.86. The van der Waals surface area contributed by atoms with Crippen LogP contribution in [-0.2, 0) is 16.6 Å². The van der Waals surface area contributed by atoms with E-state index in [-0.39, 0.29) is 0 Å². The minimum Gasteiger partial charge on any atom is -0.398 e. The van der Waals surface area contributed by atoms with Gasteiger partial charge in [-0.2, -0.15) is 0 Å². The van der Waals surface area contributed by atoms with Crippen molar-refractivity contribution in [3.63, 3.8) is 0 Å². The molecule has 0 saturated carbocycles. The molecule has 14 heavy (non-hydrogen) atoms. The van der Waals surface area contributed by atoms with Crippen LogP contribution in [0.2, 0.25) is 0 Å². The number of hydrogen-bond acceptors (Lipinski definition) is 3. The zero-order valence-electron chi connectivity index (χ0n) is 8.21. The first-order valence-electron chi connectivity index (χ1n) is 5.26. The molecule has 1 aliphatic carbocycles. The van der Waals surface area contributed by atoms with Crippen molar-refractivity contribution in [1.82, 2.24) is 0 Å². The van der Waals surface area contributed by atoms with E-state index in [1.165, 1.54) is 36.1 Å². The van der Waals surface area contributed by atoms with Gasteiger partial charge in [0.1, 0.15) is 0 Å². The molecule has 1 spiro atoms. The van der Waals surface area contributed by atoms with E-state index >= 15 is 0 Å². The fraction of sp³-hybridized carbons (Fsp3) is 0.636. The highest BCUT2D eigenvalue weighted by Gasteiger charge is 2.42. The van der Waals surface area contributed by atoms with E-state index in [9.17, 15) is 0 Å². The molecule has 2 heterocycles. The molecule has 3 rings (SSSR count). The van der Waals surface area contributed by atoms with Crippen molar-refractivity contribution in [2.24, 2.45) is 0 Å². The molecule has 2 N–H and O–H groups in total. The topological polar surface area (TPSA) is 35.2 Å². The number of ether oxygens (including phenoxy) is 1. The molecular formula is C11H15NOS. The van der Waals surface area contributed by atoms with Gasteiger partial charge in [0.25, 0.3) is 0 Å². The van der Waals surface area contributed by atoms with Crippen LogP contribution in [0, 0.1) is 0 Å². The lowest BCUT2D eigenvalue weighted by Crippen LogP contribution is -2.31. The first-order valence-corrected chi connectivity index (χ1v) is 6.14. The van der Waals surface area contributed by atoms with Crippen LogP contribution in [0.15, 0.2) is 5.38 Å². The van der Waals surface area contributed by atoms with E-state index in [0.29, 0.717) is 5.41 Å². The molecule has 2 aliphatic rings. The maximum Gasteiger partial charge on any atom is 0.0474 e. The minimum absolute atomic E-state index is 0.387. The summed E-state index contributed by atoms with van der Waals surface area (Å²) in [5.41, 5.74) is 8.96. The molecule has 1 aliphatic heterocycles. The summed E-state index contributed by atoms with van der Waals surface area (Å²) >= 11 is 1.84. The molecule has 0 atom stereocenters. The second-order valence-electron chi connectivity index (χ2n) is 4.38. The van der Waals surface area contributed by atoms with Crippen LogP contribution in [0.1, 0.15) is 29.7 Å². The quantitative estimate of drug-likeness (QED) is 0.711. The zero-order valence-corrected chi connectivity index (χ0v) is 9.03. The van der Waals surface area contributed by atoms with Gasteiger partial charge in [-0.05, 0) is 31.2 Å². The predicted octanol–water partition coefficient (Wildman–Crippen LogP) is 2.32. The summed E-state index contributed by atoms with van der Waals surface area (Å²) in [6.07, 6.45) is 4.86. The fourth-order valence-corrected chi connectivity index (χ4v) is 4.00. The van der Waals surface area contributed by atoms with Crippen molar-refractivity contribution in [3.05, 3.63) is 15.8 Å². The highest BCUT2D eigenvalue weighted by atomic mass is 32.1. The Morgan fingerprint density at radius 1 is 1.29 bits per heavy atom. The molecule has 2 nitrogen and oxygen atoms in total. The van der Waals surface area contributed by atoms with Crippen molar-refractivity contribution in [2.45, 2.75) is 31.1 Å². The molecule has 1 saturated heterocycles. The third-order valence-electron chi connectivity index (χ3n) is 3.71. The van der Waals surface area contributed by atoms with Crippen LogP contribution >= 0.6 is 11.3 Å². The second kappa shape index (κ2) is 2.97. The number of thiophene rings is 1. The highest BCUT2D eigenvalue weighted by molar-refractivity contribution is 7.10. The van der Waals surface area contributed by atoms with Crippen molar-refractivity contribution >= 4 is 17.0 Å². The molecule has 0 unspecified atom stereocenters. The molecule has 3 heteroatoms. The largest absolute Gasteiger partial charge is 0.398 e. The van der Waals surface area contributed by atoms with E-state index < -0.39 is 0 Å². The first-order chi connectivity index (χ1) is 6.82. The van der Waals surface area contributed by atoms with E-state index in [1.807, 2.05) is 11.3 Å². The van der Waals surface area contributed by atoms with Gasteiger partial charge in [0.05, 0.1) is 0 Å². The minimum atomic E-state index is 0.387. The number of hydrogen-bond donors (Lipinski definition) is 1. The summed E-state index contributed by atoms with van der Waals surface area (Å²) in [5, 5.41) is 2.11. The molecule has 0 bridgehead atoms. The van der Waals surface area contributed by atoms with Crippen LogP contribution < -0.4 is 5.73 Å². The number of nitrogen functional groups attached to an aromatic ring is 1. The van der Waals surface area contributed by atoms with Crippen LogP contribution in [0.3, 0.4) is 0 Å². The van der Waals surface area contributed by atoms with Gasteiger partial charge in [0, 0.05) is 34.6 Å². The molecule has 1 fully saturated rings. The number of fused-ring (bicyclic) bond motifs is 2. The van der Waals surface area contributed by atoms with Crippen LogP contribution in [0.4, 0.5) is 5.69 Å².